The van der Waals surface area contributed by atoms with E-state index in [0.29, 0.717) is 0 Å². The van der Waals surface area contributed by atoms with Gasteiger partial charge in [0.25, 0.3) is 0 Å². The van der Waals surface area contributed by atoms with E-state index < -0.39 is 36.0 Å². The molecule has 1 atom stereocenters. The number of nitrogens with one attached hydrogen (secondary N) is 1. The number of benzene rings is 1. The van der Waals surface area contributed by atoms with Crippen LogP contribution in [0.25, 0.3) is 0 Å². The number of amides is 1. The van der Waals surface area contributed by atoms with E-state index in [1.54, 1.807) is 0 Å². The minimum atomic E-state index is -1.35. The van der Waals surface area contributed by atoms with Crippen LogP contribution in [0.1, 0.15) is 12.5 Å². The molecule has 1 aromatic rings. The van der Waals surface area contributed by atoms with Gasteiger partial charge in [-0.3, -0.25) is 4.79 Å². The number of carbonyl (C=O) groups excluding carboxylic acids is 1. The van der Waals surface area contributed by atoms with Crippen LogP contribution in [0.4, 0.5) is 8.78 Å². The van der Waals surface area contributed by atoms with E-state index in [1.807, 2.05) is 0 Å². The quantitative estimate of drug-likeness (QED) is 0.832. The van der Waals surface area contributed by atoms with Crippen molar-refractivity contribution in [3.63, 3.8) is 0 Å². The fraction of sp³-hybridized carbons (Fsp3) is 0.273. The van der Waals surface area contributed by atoms with Gasteiger partial charge in [-0.2, -0.15) is 0 Å². The molecular weight excluding hydrogens is 232 g/mol. The summed E-state index contributed by atoms with van der Waals surface area (Å²) in [5, 5.41) is 10.9. The van der Waals surface area contributed by atoms with Crippen LogP contribution in [-0.4, -0.2) is 23.0 Å². The molecule has 2 N–H and O–H groups in total. The van der Waals surface area contributed by atoms with Crippen molar-refractivity contribution in [1.29, 1.82) is 0 Å². The molecule has 0 radical (unpaired) electrons. The van der Waals surface area contributed by atoms with Crippen LogP contribution in [0, 0.1) is 11.6 Å². The highest BCUT2D eigenvalue weighted by Crippen LogP contribution is 2.14. The van der Waals surface area contributed by atoms with Crippen molar-refractivity contribution in [1.82, 2.24) is 5.32 Å². The summed E-state index contributed by atoms with van der Waals surface area (Å²) in [6.07, 6.45) is -0.437. The molecule has 1 rings (SSSR count). The van der Waals surface area contributed by atoms with Gasteiger partial charge < -0.3 is 10.4 Å². The van der Waals surface area contributed by atoms with Crippen LogP contribution >= 0.6 is 0 Å². The normalized spacial score (nSPS) is 11.9. The summed E-state index contributed by atoms with van der Waals surface area (Å²) in [7, 11) is 0. The molecule has 0 aliphatic heterocycles. The first-order valence-corrected chi connectivity index (χ1v) is 4.84. The molecule has 0 fully saturated rings. The Morgan fingerprint density at radius 3 is 2.29 bits per heavy atom. The van der Waals surface area contributed by atoms with Crippen LogP contribution in [0.2, 0.25) is 0 Å². The molecule has 0 heterocycles. The molecule has 0 saturated carbocycles. The predicted molar refractivity (Wildman–Crippen MR) is 55.3 cm³/mol. The van der Waals surface area contributed by atoms with Crippen molar-refractivity contribution in [2.45, 2.75) is 19.4 Å². The monoisotopic (exact) mass is 243 g/mol. The Morgan fingerprint density at radius 2 is 1.88 bits per heavy atom. The molecule has 0 aliphatic rings. The molecule has 4 nitrogen and oxygen atoms in total. The van der Waals surface area contributed by atoms with Gasteiger partial charge in [0.1, 0.15) is 17.7 Å². The van der Waals surface area contributed by atoms with E-state index in [4.69, 9.17) is 5.11 Å². The second-order valence-corrected chi connectivity index (χ2v) is 3.50. The smallest absolute Gasteiger partial charge is 0.326 e. The van der Waals surface area contributed by atoms with Gasteiger partial charge >= 0.3 is 5.97 Å². The van der Waals surface area contributed by atoms with Crippen molar-refractivity contribution in [3.8, 4) is 0 Å². The number of hydrogen-bond donors (Lipinski definition) is 2. The highest BCUT2D eigenvalue weighted by molar-refractivity contribution is 5.82. The second-order valence-electron chi connectivity index (χ2n) is 3.50. The van der Waals surface area contributed by atoms with Crippen molar-refractivity contribution in [2.24, 2.45) is 0 Å². The van der Waals surface area contributed by atoms with Crippen LogP contribution < -0.4 is 5.32 Å². The zero-order valence-electron chi connectivity index (χ0n) is 9.04. The fourth-order valence-corrected chi connectivity index (χ4v) is 1.38. The van der Waals surface area contributed by atoms with Crippen molar-refractivity contribution in [3.05, 3.63) is 35.4 Å². The van der Waals surface area contributed by atoms with E-state index in [-0.39, 0.29) is 5.56 Å². The number of halogens is 2. The standard InChI is InChI=1S/C11H11F2NO3/c1-6(15)14-10(11(16)17)5-7-8(12)3-2-4-9(7)13/h2-4,10H,5H2,1H3,(H,14,15)(H,16,17). The lowest BCUT2D eigenvalue weighted by atomic mass is 10.0. The Morgan fingerprint density at radius 1 is 1.35 bits per heavy atom. The maximum atomic E-state index is 13.3. The number of carbonyl (C=O) groups is 2. The number of carboxylic acid groups (broad SMARTS) is 1. The van der Waals surface area contributed by atoms with Gasteiger partial charge in [-0.05, 0) is 12.1 Å². The number of aliphatic carboxylic acids is 1. The van der Waals surface area contributed by atoms with Gasteiger partial charge in [0.05, 0.1) is 0 Å². The molecule has 1 unspecified atom stereocenters. The third-order valence-corrected chi connectivity index (χ3v) is 2.15. The van der Waals surface area contributed by atoms with E-state index in [2.05, 4.69) is 5.32 Å². The summed E-state index contributed by atoms with van der Waals surface area (Å²) in [6.45, 7) is 1.13. The van der Waals surface area contributed by atoms with E-state index in [9.17, 15) is 18.4 Å². The molecule has 6 heteroatoms. The summed E-state index contributed by atoms with van der Waals surface area (Å²) in [6, 6.07) is 1.90. The van der Waals surface area contributed by atoms with Crippen LogP contribution in [0.5, 0.6) is 0 Å². The third kappa shape index (κ3) is 3.51. The minimum Gasteiger partial charge on any atom is -0.480 e. The maximum Gasteiger partial charge on any atom is 0.326 e. The first-order chi connectivity index (χ1) is 7.91. The van der Waals surface area contributed by atoms with Crippen molar-refractivity contribution in [2.75, 3.05) is 0 Å². The summed E-state index contributed by atoms with van der Waals surface area (Å²) in [4.78, 5) is 21.6. The lowest BCUT2D eigenvalue weighted by molar-refractivity contribution is -0.141. The maximum absolute atomic E-state index is 13.3. The van der Waals surface area contributed by atoms with Crippen LogP contribution in [-0.2, 0) is 16.0 Å². The second kappa shape index (κ2) is 5.38. The SMILES string of the molecule is CC(=O)NC(Cc1c(F)cccc1F)C(=O)O. The Labute approximate surface area is 96.3 Å². The van der Waals surface area contributed by atoms with E-state index in [0.717, 1.165) is 19.1 Å². The molecule has 0 saturated heterocycles. The van der Waals surface area contributed by atoms with Gasteiger partial charge in [0, 0.05) is 18.9 Å². The Bertz CT molecular complexity index is 428. The molecule has 92 valence electrons. The third-order valence-electron chi connectivity index (χ3n) is 2.15. The first kappa shape index (κ1) is 13.1. The van der Waals surface area contributed by atoms with Crippen molar-refractivity contribution < 1.29 is 23.5 Å². The average Bonchev–Trinajstić information content (AvgIpc) is 2.21. The zero-order valence-corrected chi connectivity index (χ0v) is 9.04. The topological polar surface area (TPSA) is 66.4 Å². The zero-order chi connectivity index (χ0) is 13.0. The first-order valence-electron chi connectivity index (χ1n) is 4.84. The molecule has 0 aromatic heterocycles. The van der Waals surface area contributed by atoms with Gasteiger partial charge in [-0.25, -0.2) is 13.6 Å². The van der Waals surface area contributed by atoms with Crippen LogP contribution in [0.15, 0.2) is 18.2 Å². The van der Waals surface area contributed by atoms with Gasteiger partial charge in [-0.15, -0.1) is 0 Å². The summed E-state index contributed by atoms with van der Waals surface area (Å²) in [5.41, 5.74) is -0.353. The Kier molecular flexibility index (Phi) is 4.14. The molecule has 0 aliphatic carbocycles. The highest BCUT2D eigenvalue weighted by Gasteiger charge is 2.22. The lowest BCUT2D eigenvalue weighted by Gasteiger charge is -2.14. The Hall–Kier alpha value is -1.98. The molecular formula is C11H11F2NO3. The lowest BCUT2D eigenvalue weighted by Crippen LogP contribution is -2.41. The number of hydrogen-bond acceptors (Lipinski definition) is 2. The molecule has 1 aromatic carbocycles. The molecule has 1 amide bonds. The molecule has 0 bridgehead atoms. The Balaban J connectivity index is 2.93. The molecule has 0 spiro atoms. The van der Waals surface area contributed by atoms with Crippen molar-refractivity contribution >= 4 is 11.9 Å². The minimum absolute atomic E-state index is 0.353. The predicted octanol–water partition coefficient (Wildman–Crippen LogP) is 1.10. The average molecular weight is 243 g/mol. The largest absolute Gasteiger partial charge is 0.480 e. The number of rotatable bonds is 4. The summed E-state index contributed by atoms with van der Waals surface area (Å²) in [5.74, 6) is -3.58. The highest BCUT2D eigenvalue weighted by atomic mass is 19.1. The number of carboxylic acids is 1. The van der Waals surface area contributed by atoms with E-state index >= 15 is 0 Å². The van der Waals surface area contributed by atoms with Crippen LogP contribution in [0.3, 0.4) is 0 Å². The van der Waals surface area contributed by atoms with Gasteiger partial charge in [0.15, 0.2) is 0 Å². The van der Waals surface area contributed by atoms with Gasteiger partial charge in [0.2, 0.25) is 5.91 Å². The fourth-order valence-electron chi connectivity index (χ4n) is 1.38. The summed E-state index contributed by atoms with van der Waals surface area (Å²) < 4.78 is 26.5. The van der Waals surface area contributed by atoms with E-state index in [1.165, 1.54) is 6.07 Å². The van der Waals surface area contributed by atoms with Gasteiger partial charge in [-0.1, -0.05) is 6.07 Å². The molecule has 17 heavy (non-hydrogen) atoms. The summed E-state index contributed by atoms with van der Waals surface area (Å²) >= 11 is 0.